The molecule has 0 unspecified atom stereocenters. The summed E-state index contributed by atoms with van der Waals surface area (Å²) in [5.41, 5.74) is 17.6. The zero-order valence-corrected chi connectivity index (χ0v) is 41.9. The molecule has 12 aromatic carbocycles. The number of anilines is 3. The summed E-state index contributed by atoms with van der Waals surface area (Å²) < 4.78 is 5.26. The van der Waals surface area contributed by atoms with E-state index >= 15 is 0 Å². The van der Waals surface area contributed by atoms with Crippen LogP contribution < -0.4 is 4.90 Å². The van der Waals surface area contributed by atoms with Crippen LogP contribution in [0.2, 0.25) is 0 Å². The van der Waals surface area contributed by atoms with Crippen molar-refractivity contribution >= 4 is 90.9 Å². The van der Waals surface area contributed by atoms with E-state index in [9.17, 15) is 0 Å². The lowest BCUT2D eigenvalue weighted by molar-refractivity contribution is 0.768. The molecule has 74 heavy (non-hydrogen) atoms. The van der Waals surface area contributed by atoms with Crippen LogP contribution in [0.5, 0.6) is 0 Å². The topological polar surface area (TPSA) is 3.24 Å². The molecule has 1 nitrogen and oxygen atoms in total. The lowest BCUT2D eigenvalue weighted by Gasteiger charge is -2.35. The van der Waals surface area contributed by atoms with Crippen LogP contribution in [0.1, 0.15) is 22.3 Å². The highest BCUT2D eigenvalue weighted by Crippen LogP contribution is 2.57. The number of hydrogen-bond donors (Lipinski definition) is 0. The second-order valence-corrected chi connectivity index (χ2v) is 21.8. The first-order valence-electron chi connectivity index (χ1n) is 25.4. The van der Waals surface area contributed by atoms with Crippen LogP contribution in [0, 0.1) is 0 Å². The minimum Gasteiger partial charge on any atom is -0.310 e. The third kappa shape index (κ3) is 6.82. The standard InChI is InChI=1S/C71H45NS2/c1-3-17-54(18-4-1)71(55-19-5-2-6-20-55)65-24-12-9-21-59(65)60-36-35-58(45-66(60)71)72(57-34-29-46-15-7-8-16-48(46)42-57)56-32-27-47(28-33-56)51-39-52(49-30-37-69-63(43-49)61-22-10-13-25-67(61)73-69)41-53(40-51)50-31-38-70-64(44-50)62-23-11-14-26-68(62)74-70/h1-45H. The Kier molecular flexibility index (Phi) is 9.91. The van der Waals surface area contributed by atoms with Gasteiger partial charge in [0.15, 0.2) is 0 Å². The predicted octanol–water partition coefficient (Wildman–Crippen LogP) is 20.4. The summed E-state index contributed by atoms with van der Waals surface area (Å²) >= 11 is 3.73. The molecule has 1 aliphatic rings. The highest BCUT2D eigenvalue weighted by atomic mass is 32.1. The SMILES string of the molecule is c1ccc(C2(c3ccccc3)c3ccccc3-c3ccc(N(c4ccc(-c5cc(-c6ccc7sc8ccccc8c7c6)cc(-c6ccc7sc8ccccc8c7c6)c5)cc4)c4ccc5ccccc5c4)cc32)cc1. The average molecular weight is 976 g/mol. The molecule has 0 saturated heterocycles. The van der Waals surface area contributed by atoms with Gasteiger partial charge in [-0.05, 0) is 169 Å². The van der Waals surface area contributed by atoms with Gasteiger partial charge in [-0.15, -0.1) is 22.7 Å². The Bertz CT molecular complexity index is 4320. The normalized spacial score (nSPS) is 12.7. The average Bonchev–Trinajstić information content (AvgIpc) is 4.14. The largest absolute Gasteiger partial charge is 0.310 e. The molecule has 2 aromatic heterocycles. The first kappa shape index (κ1) is 42.8. The molecule has 14 aromatic rings. The number of benzene rings is 12. The minimum absolute atomic E-state index is 0.520. The van der Waals surface area contributed by atoms with E-state index in [1.54, 1.807) is 0 Å². The van der Waals surface area contributed by atoms with Gasteiger partial charge in [0.1, 0.15) is 0 Å². The van der Waals surface area contributed by atoms with Gasteiger partial charge in [0.05, 0.1) is 5.41 Å². The maximum atomic E-state index is 2.47. The van der Waals surface area contributed by atoms with Crippen molar-refractivity contribution < 1.29 is 0 Å². The maximum Gasteiger partial charge on any atom is 0.0714 e. The molecule has 0 atom stereocenters. The molecule has 2 heterocycles. The lowest BCUT2D eigenvalue weighted by Crippen LogP contribution is -2.28. The van der Waals surface area contributed by atoms with Crippen molar-refractivity contribution in [3.63, 3.8) is 0 Å². The fraction of sp³-hybridized carbons (Fsp3) is 0.0141. The van der Waals surface area contributed by atoms with Gasteiger partial charge < -0.3 is 4.90 Å². The molecule has 346 valence electrons. The Balaban J connectivity index is 0.902. The smallest absolute Gasteiger partial charge is 0.0714 e. The molecule has 0 spiro atoms. The summed E-state index contributed by atoms with van der Waals surface area (Å²) in [5.74, 6) is 0. The van der Waals surface area contributed by atoms with E-state index < -0.39 is 5.41 Å². The molecule has 0 radical (unpaired) electrons. The van der Waals surface area contributed by atoms with Crippen LogP contribution in [0.25, 0.3) is 95.6 Å². The molecule has 0 aliphatic heterocycles. The Labute approximate surface area is 438 Å². The van der Waals surface area contributed by atoms with Crippen molar-refractivity contribution in [2.45, 2.75) is 5.41 Å². The van der Waals surface area contributed by atoms with Crippen molar-refractivity contribution in [2.24, 2.45) is 0 Å². The van der Waals surface area contributed by atoms with Crippen LogP contribution in [0.15, 0.2) is 273 Å². The van der Waals surface area contributed by atoms with Crippen LogP contribution in [-0.4, -0.2) is 0 Å². The maximum absolute atomic E-state index is 2.47. The molecule has 1 aliphatic carbocycles. The zero-order chi connectivity index (χ0) is 48.7. The summed E-state index contributed by atoms with van der Waals surface area (Å²) in [7, 11) is 0. The fourth-order valence-corrected chi connectivity index (χ4v) is 14.2. The third-order valence-electron chi connectivity index (χ3n) is 15.5. The summed E-state index contributed by atoms with van der Waals surface area (Å²) in [6.45, 7) is 0. The number of nitrogens with zero attached hydrogens (tertiary/aromatic N) is 1. The molecular formula is C71H45NS2. The Morgan fingerprint density at radius 2 is 0.716 bits per heavy atom. The second-order valence-electron chi connectivity index (χ2n) is 19.6. The van der Waals surface area contributed by atoms with E-state index in [4.69, 9.17) is 0 Å². The van der Waals surface area contributed by atoms with Crippen molar-refractivity contribution in [1.82, 2.24) is 0 Å². The van der Waals surface area contributed by atoms with E-state index in [0.29, 0.717) is 0 Å². The summed E-state index contributed by atoms with van der Waals surface area (Å²) in [6.07, 6.45) is 0. The fourth-order valence-electron chi connectivity index (χ4n) is 12.1. The van der Waals surface area contributed by atoms with Crippen molar-refractivity contribution in [3.8, 4) is 44.5 Å². The second kappa shape index (κ2) is 17.1. The number of hydrogen-bond acceptors (Lipinski definition) is 3. The zero-order valence-electron chi connectivity index (χ0n) is 40.2. The summed E-state index contributed by atoms with van der Waals surface area (Å²) in [6, 6.07) is 102. The first-order chi connectivity index (χ1) is 36.6. The van der Waals surface area contributed by atoms with Gasteiger partial charge in [0.2, 0.25) is 0 Å². The minimum atomic E-state index is -0.520. The highest BCUT2D eigenvalue weighted by molar-refractivity contribution is 7.26. The number of thiophene rings is 2. The van der Waals surface area contributed by atoms with Gasteiger partial charge in [0.25, 0.3) is 0 Å². The first-order valence-corrected chi connectivity index (χ1v) is 27.0. The van der Waals surface area contributed by atoms with Gasteiger partial charge in [-0.3, -0.25) is 0 Å². The van der Waals surface area contributed by atoms with Gasteiger partial charge >= 0.3 is 0 Å². The third-order valence-corrected chi connectivity index (χ3v) is 17.8. The van der Waals surface area contributed by atoms with Crippen LogP contribution in [0.4, 0.5) is 17.1 Å². The molecular weight excluding hydrogens is 931 g/mol. The van der Waals surface area contributed by atoms with Gasteiger partial charge in [0, 0.05) is 57.4 Å². The Morgan fingerprint density at radius 3 is 1.35 bits per heavy atom. The van der Waals surface area contributed by atoms with E-state index in [0.717, 1.165) is 22.6 Å². The summed E-state index contributed by atoms with van der Waals surface area (Å²) in [5, 5.41) is 7.65. The van der Waals surface area contributed by atoms with Crippen LogP contribution >= 0.6 is 22.7 Å². The van der Waals surface area contributed by atoms with E-state index in [2.05, 4.69) is 278 Å². The number of rotatable bonds is 8. The summed E-state index contributed by atoms with van der Waals surface area (Å²) in [4.78, 5) is 2.45. The Morgan fingerprint density at radius 1 is 0.257 bits per heavy atom. The van der Waals surface area contributed by atoms with Crippen molar-refractivity contribution in [2.75, 3.05) is 4.90 Å². The predicted molar refractivity (Wildman–Crippen MR) is 318 cm³/mol. The van der Waals surface area contributed by atoms with Crippen molar-refractivity contribution in [1.29, 1.82) is 0 Å². The van der Waals surface area contributed by atoms with Gasteiger partial charge in [-0.2, -0.15) is 0 Å². The van der Waals surface area contributed by atoms with E-state index in [-0.39, 0.29) is 0 Å². The molecule has 0 bridgehead atoms. The quantitative estimate of drug-likeness (QED) is 0.147. The molecule has 0 amide bonds. The van der Waals surface area contributed by atoms with E-state index in [1.165, 1.54) is 112 Å². The number of fused-ring (bicyclic) bond motifs is 10. The molecule has 15 rings (SSSR count). The molecule has 0 saturated carbocycles. The van der Waals surface area contributed by atoms with Crippen LogP contribution in [0.3, 0.4) is 0 Å². The van der Waals surface area contributed by atoms with Crippen molar-refractivity contribution in [3.05, 3.63) is 295 Å². The highest BCUT2D eigenvalue weighted by Gasteiger charge is 2.46. The monoisotopic (exact) mass is 975 g/mol. The lowest BCUT2D eigenvalue weighted by atomic mass is 9.67. The Hall–Kier alpha value is -8.86. The molecule has 0 fully saturated rings. The van der Waals surface area contributed by atoms with Crippen LogP contribution in [-0.2, 0) is 5.41 Å². The van der Waals surface area contributed by atoms with E-state index in [1.807, 2.05) is 22.7 Å². The van der Waals surface area contributed by atoms with Gasteiger partial charge in [-0.1, -0.05) is 182 Å². The molecule has 0 N–H and O–H groups in total. The molecule has 3 heteroatoms. The van der Waals surface area contributed by atoms with Gasteiger partial charge in [-0.25, -0.2) is 0 Å².